The summed E-state index contributed by atoms with van der Waals surface area (Å²) in [7, 11) is 0. The first-order valence-electron chi connectivity index (χ1n) is 9.80. The summed E-state index contributed by atoms with van der Waals surface area (Å²) in [6, 6.07) is 9.42. The number of nitrogens with zero attached hydrogens (tertiary/aromatic N) is 3. The van der Waals surface area contributed by atoms with Crippen molar-refractivity contribution in [2.24, 2.45) is 0 Å². The number of amides is 1. The lowest BCUT2D eigenvalue weighted by atomic mass is 10.1. The Labute approximate surface area is 173 Å². The van der Waals surface area contributed by atoms with E-state index in [2.05, 4.69) is 14.9 Å². The van der Waals surface area contributed by atoms with Gasteiger partial charge in [0.05, 0.1) is 28.1 Å². The van der Waals surface area contributed by atoms with Crippen LogP contribution in [0.3, 0.4) is 0 Å². The Bertz CT molecular complexity index is 1010. The van der Waals surface area contributed by atoms with Crippen molar-refractivity contribution in [1.82, 2.24) is 19.8 Å². The summed E-state index contributed by atoms with van der Waals surface area (Å²) in [4.78, 5) is 26.7. The summed E-state index contributed by atoms with van der Waals surface area (Å²) in [6.07, 6.45) is 0. The van der Waals surface area contributed by atoms with Crippen LogP contribution < -0.4 is 0 Å². The summed E-state index contributed by atoms with van der Waals surface area (Å²) < 4.78 is 0. The number of H-pyrrole nitrogens is 1. The van der Waals surface area contributed by atoms with E-state index >= 15 is 0 Å². The first-order chi connectivity index (χ1) is 13.8. The Morgan fingerprint density at radius 2 is 1.97 bits per heavy atom. The zero-order valence-electron chi connectivity index (χ0n) is 16.7. The van der Waals surface area contributed by atoms with Gasteiger partial charge in [-0.15, -0.1) is 11.3 Å². The number of carbonyl (C=O) groups excluding carboxylic acids is 1. The van der Waals surface area contributed by atoms with Crippen LogP contribution in [-0.4, -0.2) is 75.2 Å². The predicted octanol–water partition coefficient (Wildman–Crippen LogP) is 2.27. The van der Waals surface area contributed by atoms with E-state index in [0.717, 1.165) is 39.7 Å². The van der Waals surface area contributed by atoms with Crippen molar-refractivity contribution in [3.8, 4) is 10.7 Å². The lowest BCUT2D eigenvalue weighted by Crippen LogP contribution is -2.49. The third kappa shape index (κ3) is 4.20. The fraction of sp³-hybridized carbons (Fsp3) is 0.429. The van der Waals surface area contributed by atoms with E-state index < -0.39 is 5.60 Å². The number of nitrogens with one attached hydrogen (secondary N) is 1. The number of aromatic nitrogens is 2. The minimum absolute atomic E-state index is 0.0205. The molecule has 0 aliphatic carbocycles. The molecule has 7 nitrogen and oxygen atoms in total. The maximum absolute atomic E-state index is 12.9. The second kappa shape index (κ2) is 7.87. The SMILES string of the molecule is CC(C)(O)c1ccc(-c2nc3ccc(C(=O)N4CCN(CCO)CC4)cc3[nH]2)s1. The molecule has 4 rings (SSSR count). The number of piperazine rings is 1. The van der Waals surface area contributed by atoms with Gasteiger partial charge in [-0.1, -0.05) is 0 Å². The Hall–Kier alpha value is -2.26. The Morgan fingerprint density at radius 1 is 1.21 bits per heavy atom. The van der Waals surface area contributed by atoms with Gasteiger partial charge in [0, 0.05) is 43.2 Å². The lowest BCUT2D eigenvalue weighted by molar-refractivity contribution is 0.0615. The summed E-state index contributed by atoms with van der Waals surface area (Å²) in [5, 5.41) is 19.2. The zero-order chi connectivity index (χ0) is 20.6. The summed E-state index contributed by atoms with van der Waals surface area (Å²) >= 11 is 1.50. The quantitative estimate of drug-likeness (QED) is 0.596. The van der Waals surface area contributed by atoms with Gasteiger partial charge in [-0.05, 0) is 44.2 Å². The molecule has 0 saturated carbocycles. The molecule has 2 aromatic heterocycles. The maximum Gasteiger partial charge on any atom is 0.254 e. The second-order valence-corrected chi connectivity index (χ2v) is 8.98. The average molecular weight is 415 g/mol. The molecule has 1 saturated heterocycles. The molecule has 0 radical (unpaired) electrons. The van der Waals surface area contributed by atoms with Crippen molar-refractivity contribution in [2.45, 2.75) is 19.4 Å². The van der Waals surface area contributed by atoms with Crippen molar-refractivity contribution >= 4 is 28.3 Å². The van der Waals surface area contributed by atoms with Crippen molar-refractivity contribution in [2.75, 3.05) is 39.3 Å². The number of carbonyl (C=O) groups is 1. The number of imidazole rings is 1. The van der Waals surface area contributed by atoms with Gasteiger partial charge in [0.2, 0.25) is 0 Å². The largest absolute Gasteiger partial charge is 0.395 e. The van der Waals surface area contributed by atoms with Crippen molar-refractivity contribution < 1.29 is 15.0 Å². The van der Waals surface area contributed by atoms with Crippen LogP contribution >= 0.6 is 11.3 Å². The topological polar surface area (TPSA) is 92.7 Å². The molecule has 8 heteroatoms. The Balaban J connectivity index is 1.53. The number of aliphatic hydroxyl groups is 2. The van der Waals surface area contributed by atoms with Crippen LogP contribution in [0.1, 0.15) is 29.1 Å². The van der Waals surface area contributed by atoms with Crippen LogP contribution in [0.15, 0.2) is 30.3 Å². The number of thiophene rings is 1. The standard InChI is InChI=1S/C21H26N4O3S/c1-21(2,28)18-6-5-17(29-18)19-22-15-4-3-14(13-16(15)23-19)20(27)25-9-7-24(8-10-25)11-12-26/h3-6,13,26,28H,7-12H2,1-2H3,(H,22,23). The Morgan fingerprint density at radius 3 is 2.62 bits per heavy atom. The van der Waals surface area contributed by atoms with Crippen LogP contribution in [0.5, 0.6) is 0 Å². The molecule has 1 aliphatic heterocycles. The molecule has 1 aromatic carbocycles. The summed E-state index contributed by atoms with van der Waals surface area (Å²) in [5.41, 5.74) is 1.40. The molecular formula is C21H26N4O3S. The number of hydrogen-bond donors (Lipinski definition) is 3. The van der Waals surface area contributed by atoms with Crippen LogP contribution in [0.4, 0.5) is 0 Å². The monoisotopic (exact) mass is 414 g/mol. The van der Waals surface area contributed by atoms with Crippen molar-refractivity contribution in [3.63, 3.8) is 0 Å². The zero-order valence-corrected chi connectivity index (χ0v) is 17.5. The fourth-order valence-corrected chi connectivity index (χ4v) is 4.50. The molecule has 1 fully saturated rings. The minimum Gasteiger partial charge on any atom is -0.395 e. The molecule has 154 valence electrons. The lowest BCUT2D eigenvalue weighted by Gasteiger charge is -2.34. The smallest absolute Gasteiger partial charge is 0.254 e. The van der Waals surface area contributed by atoms with E-state index in [0.29, 0.717) is 25.2 Å². The Kier molecular flexibility index (Phi) is 5.44. The van der Waals surface area contributed by atoms with E-state index in [-0.39, 0.29) is 12.5 Å². The highest BCUT2D eigenvalue weighted by Crippen LogP contribution is 2.33. The number of hydrogen-bond acceptors (Lipinski definition) is 6. The molecule has 0 atom stereocenters. The summed E-state index contributed by atoms with van der Waals surface area (Å²) in [6.45, 7) is 7.23. The third-order valence-electron chi connectivity index (χ3n) is 5.25. The van der Waals surface area contributed by atoms with E-state index in [1.165, 1.54) is 11.3 Å². The van der Waals surface area contributed by atoms with Gasteiger partial charge in [0.15, 0.2) is 0 Å². The third-order valence-corrected chi connectivity index (χ3v) is 6.65. The molecule has 3 heterocycles. The molecule has 29 heavy (non-hydrogen) atoms. The second-order valence-electron chi connectivity index (χ2n) is 7.90. The van der Waals surface area contributed by atoms with E-state index in [4.69, 9.17) is 5.11 Å². The highest BCUT2D eigenvalue weighted by atomic mass is 32.1. The molecule has 1 amide bonds. The fourth-order valence-electron chi connectivity index (χ4n) is 3.55. The van der Waals surface area contributed by atoms with Gasteiger partial charge in [-0.3, -0.25) is 9.69 Å². The highest BCUT2D eigenvalue weighted by Gasteiger charge is 2.23. The van der Waals surface area contributed by atoms with E-state index in [1.54, 1.807) is 13.8 Å². The normalized spacial score (nSPS) is 15.9. The van der Waals surface area contributed by atoms with Gasteiger partial charge in [0.25, 0.3) is 5.91 Å². The van der Waals surface area contributed by atoms with Crippen LogP contribution in [-0.2, 0) is 5.60 Å². The molecule has 3 N–H and O–H groups in total. The summed E-state index contributed by atoms with van der Waals surface area (Å²) in [5.74, 6) is 0.759. The van der Waals surface area contributed by atoms with Crippen LogP contribution in [0.2, 0.25) is 0 Å². The number of β-amino-alcohol motifs (C(OH)–C–C–N with tert-alkyl or cyclic N) is 1. The first-order valence-corrected chi connectivity index (χ1v) is 10.6. The molecular weight excluding hydrogens is 388 g/mol. The van der Waals surface area contributed by atoms with Gasteiger partial charge >= 0.3 is 0 Å². The van der Waals surface area contributed by atoms with E-state index in [9.17, 15) is 9.90 Å². The predicted molar refractivity (Wildman–Crippen MR) is 114 cm³/mol. The highest BCUT2D eigenvalue weighted by molar-refractivity contribution is 7.15. The first kappa shape index (κ1) is 20.0. The molecule has 0 unspecified atom stereocenters. The molecule has 3 aromatic rings. The van der Waals surface area contributed by atoms with Crippen molar-refractivity contribution in [3.05, 3.63) is 40.8 Å². The van der Waals surface area contributed by atoms with Crippen LogP contribution in [0.25, 0.3) is 21.7 Å². The number of aromatic amines is 1. The number of fused-ring (bicyclic) bond motifs is 1. The van der Waals surface area contributed by atoms with Crippen molar-refractivity contribution in [1.29, 1.82) is 0 Å². The van der Waals surface area contributed by atoms with Crippen LogP contribution in [0, 0.1) is 0 Å². The molecule has 0 bridgehead atoms. The van der Waals surface area contributed by atoms with Gasteiger partial charge in [-0.25, -0.2) is 4.98 Å². The van der Waals surface area contributed by atoms with Gasteiger partial charge in [-0.2, -0.15) is 0 Å². The molecule has 1 aliphatic rings. The number of rotatable bonds is 5. The number of benzene rings is 1. The molecule has 0 spiro atoms. The van der Waals surface area contributed by atoms with E-state index in [1.807, 2.05) is 35.2 Å². The minimum atomic E-state index is -0.879. The average Bonchev–Trinajstić information content (AvgIpc) is 3.34. The maximum atomic E-state index is 12.9. The number of aliphatic hydroxyl groups excluding tert-OH is 1. The van der Waals surface area contributed by atoms with Gasteiger partial charge < -0.3 is 20.1 Å². The van der Waals surface area contributed by atoms with Gasteiger partial charge in [0.1, 0.15) is 5.82 Å².